The van der Waals surface area contributed by atoms with E-state index in [-0.39, 0.29) is 11.6 Å². The summed E-state index contributed by atoms with van der Waals surface area (Å²) in [6.45, 7) is 1.81. The second-order valence-corrected chi connectivity index (χ2v) is 5.52. The molecule has 2 aromatic rings. The van der Waals surface area contributed by atoms with E-state index in [0.717, 1.165) is 17.7 Å². The Morgan fingerprint density at radius 1 is 1.20 bits per heavy atom. The first-order valence-electron chi connectivity index (χ1n) is 7.12. The van der Waals surface area contributed by atoms with Gasteiger partial charge in [0, 0.05) is 17.2 Å². The number of aryl methyl sites for hydroxylation is 2. The molecule has 1 heterocycles. The summed E-state index contributed by atoms with van der Waals surface area (Å²) in [5, 5.41) is 6.69. The number of H-pyrrole nitrogens is 1. The van der Waals surface area contributed by atoms with E-state index in [4.69, 9.17) is 5.73 Å². The van der Waals surface area contributed by atoms with Crippen LogP contribution in [0.3, 0.4) is 0 Å². The summed E-state index contributed by atoms with van der Waals surface area (Å²) in [5.74, 6) is 0. The lowest BCUT2D eigenvalue weighted by Crippen LogP contribution is -2.20. The van der Waals surface area contributed by atoms with Crippen molar-refractivity contribution in [3.05, 3.63) is 51.3 Å². The molecule has 0 aliphatic heterocycles. The van der Waals surface area contributed by atoms with Gasteiger partial charge in [-0.1, -0.05) is 12.1 Å². The molecule has 1 aliphatic carbocycles. The van der Waals surface area contributed by atoms with Crippen LogP contribution in [0, 0.1) is 0 Å². The molecule has 0 saturated carbocycles. The molecule has 0 spiro atoms. The minimum absolute atomic E-state index is 0.207. The van der Waals surface area contributed by atoms with E-state index >= 15 is 0 Å². The SMILES string of the molecule is CC(N)c1cc(-c2ccc3c(c2)CCCC3)n[nH]c1=O. The molecule has 20 heavy (non-hydrogen) atoms. The van der Waals surface area contributed by atoms with Gasteiger partial charge in [-0.25, -0.2) is 5.10 Å². The second-order valence-electron chi connectivity index (χ2n) is 5.52. The van der Waals surface area contributed by atoms with E-state index in [1.165, 1.54) is 30.4 Å². The largest absolute Gasteiger partial charge is 0.324 e. The summed E-state index contributed by atoms with van der Waals surface area (Å²) in [4.78, 5) is 11.7. The maximum absolute atomic E-state index is 11.7. The Labute approximate surface area is 118 Å². The standard InChI is InChI=1S/C16H19N3O/c1-10(17)14-9-15(18-19-16(14)20)13-7-6-11-4-2-3-5-12(11)8-13/h6-10H,2-5,17H2,1H3,(H,19,20). The monoisotopic (exact) mass is 269 g/mol. The quantitative estimate of drug-likeness (QED) is 0.879. The average Bonchev–Trinajstić information content (AvgIpc) is 2.47. The maximum atomic E-state index is 11.7. The first-order chi connectivity index (χ1) is 9.65. The molecule has 3 rings (SSSR count). The Bertz CT molecular complexity index is 688. The van der Waals surface area contributed by atoms with Crippen LogP contribution in [0.25, 0.3) is 11.3 Å². The Morgan fingerprint density at radius 3 is 2.70 bits per heavy atom. The first-order valence-corrected chi connectivity index (χ1v) is 7.12. The van der Waals surface area contributed by atoms with Crippen LogP contribution in [-0.4, -0.2) is 10.2 Å². The highest BCUT2D eigenvalue weighted by Crippen LogP contribution is 2.26. The van der Waals surface area contributed by atoms with Crippen LogP contribution in [0.4, 0.5) is 0 Å². The third-order valence-electron chi connectivity index (χ3n) is 3.97. The Balaban J connectivity index is 2.05. The fourth-order valence-corrected chi connectivity index (χ4v) is 2.80. The Kier molecular flexibility index (Phi) is 3.40. The fourth-order valence-electron chi connectivity index (χ4n) is 2.80. The van der Waals surface area contributed by atoms with Crippen molar-refractivity contribution in [2.24, 2.45) is 5.73 Å². The normalized spacial score (nSPS) is 15.7. The lowest BCUT2D eigenvalue weighted by atomic mass is 9.90. The average molecular weight is 269 g/mol. The molecule has 1 aromatic carbocycles. The highest BCUT2D eigenvalue weighted by atomic mass is 16.1. The first kappa shape index (κ1) is 13.1. The van der Waals surface area contributed by atoms with Gasteiger partial charge in [0.1, 0.15) is 0 Å². The lowest BCUT2D eigenvalue weighted by molar-refractivity contribution is 0.686. The third-order valence-corrected chi connectivity index (χ3v) is 3.97. The Morgan fingerprint density at radius 2 is 1.95 bits per heavy atom. The number of benzene rings is 1. The molecule has 0 bridgehead atoms. The van der Waals surface area contributed by atoms with Crippen LogP contribution in [0.2, 0.25) is 0 Å². The molecule has 104 valence electrons. The Hall–Kier alpha value is -1.94. The van der Waals surface area contributed by atoms with Gasteiger partial charge in [-0.3, -0.25) is 4.79 Å². The number of aromatic nitrogens is 2. The van der Waals surface area contributed by atoms with Gasteiger partial charge in [0.25, 0.3) is 5.56 Å². The van der Waals surface area contributed by atoms with Crippen molar-refractivity contribution < 1.29 is 0 Å². The number of fused-ring (bicyclic) bond motifs is 1. The van der Waals surface area contributed by atoms with Crippen LogP contribution in [0.5, 0.6) is 0 Å². The van der Waals surface area contributed by atoms with Gasteiger partial charge in [0.05, 0.1) is 5.69 Å². The van der Waals surface area contributed by atoms with Crippen molar-refractivity contribution in [1.82, 2.24) is 10.2 Å². The molecule has 0 saturated heterocycles. The predicted molar refractivity (Wildman–Crippen MR) is 79.5 cm³/mol. The summed E-state index contributed by atoms with van der Waals surface area (Å²) >= 11 is 0. The molecule has 3 N–H and O–H groups in total. The number of hydrogen-bond acceptors (Lipinski definition) is 3. The molecule has 1 aromatic heterocycles. The van der Waals surface area contributed by atoms with Crippen LogP contribution in [-0.2, 0) is 12.8 Å². The van der Waals surface area contributed by atoms with Crippen molar-refractivity contribution in [2.45, 2.75) is 38.6 Å². The maximum Gasteiger partial charge on any atom is 0.268 e. The van der Waals surface area contributed by atoms with Crippen LogP contribution >= 0.6 is 0 Å². The molecule has 1 unspecified atom stereocenters. The summed E-state index contributed by atoms with van der Waals surface area (Å²) in [5.41, 5.74) is 10.9. The van der Waals surface area contributed by atoms with Crippen molar-refractivity contribution in [3.8, 4) is 11.3 Å². The fraction of sp³-hybridized carbons (Fsp3) is 0.375. The van der Waals surface area contributed by atoms with Gasteiger partial charge in [0.2, 0.25) is 0 Å². The number of hydrogen-bond donors (Lipinski definition) is 2. The van der Waals surface area contributed by atoms with Crippen LogP contribution < -0.4 is 11.3 Å². The minimum atomic E-state index is -0.293. The molecule has 1 aliphatic rings. The zero-order valence-electron chi connectivity index (χ0n) is 11.6. The van der Waals surface area contributed by atoms with Gasteiger partial charge in [-0.2, -0.15) is 5.10 Å². The van der Waals surface area contributed by atoms with E-state index < -0.39 is 0 Å². The zero-order valence-corrected chi connectivity index (χ0v) is 11.6. The summed E-state index contributed by atoms with van der Waals surface area (Å²) in [6.07, 6.45) is 4.82. The van der Waals surface area contributed by atoms with Gasteiger partial charge >= 0.3 is 0 Å². The summed E-state index contributed by atoms with van der Waals surface area (Å²) in [6, 6.07) is 7.96. The van der Waals surface area contributed by atoms with Crippen LogP contribution in [0.1, 0.15) is 42.5 Å². The van der Waals surface area contributed by atoms with Gasteiger partial charge in [0.15, 0.2) is 0 Å². The molecule has 4 heteroatoms. The highest BCUT2D eigenvalue weighted by Gasteiger charge is 2.12. The van der Waals surface area contributed by atoms with Crippen molar-refractivity contribution in [1.29, 1.82) is 0 Å². The van der Waals surface area contributed by atoms with Gasteiger partial charge < -0.3 is 5.73 Å². The number of aromatic amines is 1. The minimum Gasteiger partial charge on any atom is -0.324 e. The number of nitrogens with one attached hydrogen (secondary N) is 1. The topological polar surface area (TPSA) is 71.8 Å². The van der Waals surface area contributed by atoms with E-state index in [9.17, 15) is 4.79 Å². The number of nitrogens with zero attached hydrogens (tertiary/aromatic N) is 1. The number of rotatable bonds is 2. The van der Waals surface area contributed by atoms with Crippen molar-refractivity contribution >= 4 is 0 Å². The molecule has 1 atom stereocenters. The highest BCUT2D eigenvalue weighted by molar-refractivity contribution is 5.61. The van der Waals surface area contributed by atoms with Crippen molar-refractivity contribution in [2.75, 3.05) is 0 Å². The van der Waals surface area contributed by atoms with Gasteiger partial charge in [-0.05, 0) is 55.9 Å². The van der Waals surface area contributed by atoms with E-state index in [1.54, 1.807) is 13.0 Å². The molecular weight excluding hydrogens is 250 g/mol. The lowest BCUT2D eigenvalue weighted by Gasteiger charge is -2.16. The van der Waals surface area contributed by atoms with Crippen molar-refractivity contribution in [3.63, 3.8) is 0 Å². The second kappa shape index (κ2) is 5.21. The number of nitrogens with two attached hydrogens (primary N) is 1. The van der Waals surface area contributed by atoms with E-state index in [2.05, 4.69) is 28.4 Å². The van der Waals surface area contributed by atoms with Gasteiger partial charge in [-0.15, -0.1) is 0 Å². The third kappa shape index (κ3) is 2.39. The smallest absolute Gasteiger partial charge is 0.268 e. The molecule has 0 fully saturated rings. The van der Waals surface area contributed by atoms with Crippen LogP contribution in [0.15, 0.2) is 29.1 Å². The predicted octanol–water partition coefficient (Wildman–Crippen LogP) is 2.34. The molecule has 0 radical (unpaired) electrons. The summed E-state index contributed by atoms with van der Waals surface area (Å²) < 4.78 is 0. The van der Waals surface area contributed by atoms with E-state index in [0.29, 0.717) is 5.56 Å². The molecule has 0 amide bonds. The van der Waals surface area contributed by atoms with E-state index in [1.807, 2.05) is 0 Å². The summed E-state index contributed by atoms with van der Waals surface area (Å²) in [7, 11) is 0. The zero-order chi connectivity index (χ0) is 14.1. The molecule has 4 nitrogen and oxygen atoms in total. The molecular formula is C16H19N3O.